The molecule has 0 aliphatic rings. The average molecular weight is 272 g/mol. The third kappa shape index (κ3) is 5.23. The number of hydrogen-bond acceptors (Lipinski definition) is 3. The molecule has 1 atom stereocenters. The van der Waals surface area contributed by atoms with E-state index in [-0.39, 0.29) is 6.10 Å². The third-order valence-corrected chi connectivity index (χ3v) is 2.76. The van der Waals surface area contributed by atoms with Crippen LogP contribution in [0.15, 0.2) is 12.1 Å². The summed E-state index contributed by atoms with van der Waals surface area (Å²) in [6.07, 6.45) is 2.01. The van der Waals surface area contributed by atoms with Crippen molar-refractivity contribution in [3.05, 3.63) is 23.4 Å². The van der Waals surface area contributed by atoms with E-state index in [4.69, 9.17) is 21.1 Å². The van der Waals surface area contributed by atoms with Crippen LogP contribution in [0, 0.1) is 0 Å². The molecule has 0 N–H and O–H groups in total. The summed E-state index contributed by atoms with van der Waals surface area (Å²) in [5.74, 6) is 1.12. The first-order valence-electron chi connectivity index (χ1n) is 6.49. The molecule has 0 radical (unpaired) electrons. The minimum Gasteiger partial charge on any atom is -0.472 e. The van der Waals surface area contributed by atoms with Gasteiger partial charge in [-0.1, -0.05) is 13.3 Å². The summed E-state index contributed by atoms with van der Waals surface area (Å²) in [4.78, 5) is 4.48. The van der Waals surface area contributed by atoms with Gasteiger partial charge >= 0.3 is 0 Å². The van der Waals surface area contributed by atoms with Crippen LogP contribution in [0.1, 0.15) is 38.4 Å². The van der Waals surface area contributed by atoms with Crippen LogP contribution in [0.25, 0.3) is 0 Å². The van der Waals surface area contributed by atoms with Crippen molar-refractivity contribution in [2.45, 2.75) is 45.6 Å². The van der Waals surface area contributed by atoms with Gasteiger partial charge in [-0.2, -0.15) is 0 Å². The van der Waals surface area contributed by atoms with Crippen LogP contribution in [0.2, 0.25) is 0 Å². The van der Waals surface area contributed by atoms with Crippen molar-refractivity contribution < 1.29 is 9.47 Å². The molecule has 1 heterocycles. The maximum Gasteiger partial charge on any atom is 0.214 e. The summed E-state index contributed by atoms with van der Waals surface area (Å²) in [5.41, 5.74) is 2.09. The van der Waals surface area contributed by atoms with E-state index in [1.54, 1.807) is 0 Å². The molecule has 0 amide bonds. The lowest BCUT2D eigenvalue weighted by Gasteiger charge is -2.15. The van der Waals surface area contributed by atoms with Crippen molar-refractivity contribution in [2.75, 3.05) is 13.2 Å². The Kier molecular flexibility index (Phi) is 7.06. The van der Waals surface area contributed by atoms with Gasteiger partial charge in [0, 0.05) is 24.2 Å². The number of halogens is 1. The van der Waals surface area contributed by atoms with Gasteiger partial charge in [0.15, 0.2) is 0 Å². The number of aryl methyl sites for hydroxylation is 1. The molecule has 0 saturated heterocycles. The minimum absolute atomic E-state index is 0.00231. The van der Waals surface area contributed by atoms with Crippen LogP contribution in [0.4, 0.5) is 0 Å². The van der Waals surface area contributed by atoms with E-state index in [2.05, 4.69) is 11.9 Å². The maximum absolute atomic E-state index is 5.88. The second-order valence-electron chi connectivity index (χ2n) is 4.28. The maximum atomic E-state index is 5.88. The van der Waals surface area contributed by atoms with Crippen LogP contribution >= 0.6 is 11.6 Å². The smallest absolute Gasteiger partial charge is 0.214 e. The molecule has 0 aliphatic heterocycles. The first kappa shape index (κ1) is 15.3. The normalized spacial score (nSPS) is 12.4. The zero-order valence-corrected chi connectivity index (χ0v) is 12.2. The number of ether oxygens (including phenoxy) is 2. The lowest BCUT2D eigenvalue weighted by atomic mass is 10.2. The molecule has 0 spiro atoms. The molecule has 4 heteroatoms. The molecule has 1 unspecified atom stereocenters. The summed E-state index contributed by atoms with van der Waals surface area (Å²) in [7, 11) is 0. The molecule has 0 saturated carbocycles. The van der Waals surface area contributed by atoms with E-state index in [1.165, 1.54) is 0 Å². The van der Waals surface area contributed by atoms with Crippen LogP contribution in [-0.2, 0) is 17.0 Å². The number of alkyl halides is 1. The zero-order valence-electron chi connectivity index (χ0n) is 11.4. The van der Waals surface area contributed by atoms with Gasteiger partial charge in [-0.25, -0.2) is 4.98 Å². The number of nitrogens with zero attached hydrogens (tertiary/aromatic N) is 1. The average Bonchev–Trinajstić information content (AvgIpc) is 2.36. The molecular formula is C14H22ClNO2. The highest BCUT2D eigenvalue weighted by Gasteiger charge is 2.08. The summed E-state index contributed by atoms with van der Waals surface area (Å²) < 4.78 is 11.1. The molecule has 0 bridgehead atoms. The van der Waals surface area contributed by atoms with Crippen LogP contribution in [0.3, 0.4) is 0 Å². The summed E-state index contributed by atoms with van der Waals surface area (Å²) in [6.45, 7) is 7.35. The number of aromatic nitrogens is 1. The van der Waals surface area contributed by atoms with Gasteiger partial charge in [-0.05, 0) is 31.9 Å². The Labute approximate surface area is 114 Å². The highest BCUT2D eigenvalue weighted by molar-refractivity contribution is 6.17. The molecule has 0 fully saturated rings. The van der Waals surface area contributed by atoms with E-state index in [0.717, 1.165) is 24.1 Å². The summed E-state index contributed by atoms with van der Waals surface area (Å²) in [6, 6.07) is 3.94. The number of hydrogen-bond donors (Lipinski definition) is 0. The molecule has 18 heavy (non-hydrogen) atoms. The predicted octanol–water partition coefficient (Wildman–Crippen LogP) is 3.58. The topological polar surface area (TPSA) is 31.4 Å². The lowest BCUT2D eigenvalue weighted by molar-refractivity contribution is 0.0632. The SMILES string of the molecule is CCCc1cc(CCl)cc(OC(C)COCC)n1. The van der Waals surface area contributed by atoms with E-state index in [1.807, 2.05) is 26.0 Å². The van der Waals surface area contributed by atoms with Gasteiger partial charge in [-0.3, -0.25) is 0 Å². The fraction of sp³-hybridized carbons (Fsp3) is 0.643. The van der Waals surface area contributed by atoms with E-state index < -0.39 is 0 Å². The van der Waals surface area contributed by atoms with Crippen molar-refractivity contribution in [1.82, 2.24) is 4.98 Å². The van der Waals surface area contributed by atoms with Gasteiger partial charge in [0.1, 0.15) is 6.10 Å². The monoisotopic (exact) mass is 271 g/mol. The molecule has 1 rings (SSSR count). The fourth-order valence-electron chi connectivity index (χ4n) is 1.67. The molecule has 102 valence electrons. The number of rotatable bonds is 8. The second-order valence-corrected chi connectivity index (χ2v) is 4.54. The summed E-state index contributed by atoms with van der Waals surface area (Å²) in [5, 5.41) is 0. The molecule has 0 aromatic carbocycles. The first-order chi connectivity index (χ1) is 8.69. The quantitative estimate of drug-likeness (QED) is 0.677. The minimum atomic E-state index is -0.00231. The van der Waals surface area contributed by atoms with Crippen LogP contribution in [0.5, 0.6) is 5.88 Å². The van der Waals surface area contributed by atoms with Crippen molar-refractivity contribution in [3.8, 4) is 5.88 Å². The highest BCUT2D eigenvalue weighted by atomic mass is 35.5. The van der Waals surface area contributed by atoms with Gasteiger partial charge in [0.2, 0.25) is 5.88 Å². The van der Waals surface area contributed by atoms with Gasteiger partial charge in [0.05, 0.1) is 6.61 Å². The first-order valence-corrected chi connectivity index (χ1v) is 7.03. The van der Waals surface area contributed by atoms with Crippen molar-refractivity contribution in [1.29, 1.82) is 0 Å². The Hall–Kier alpha value is -0.800. The largest absolute Gasteiger partial charge is 0.472 e. The molecule has 1 aromatic heterocycles. The van der Waals surface area contributed by atoms with Crippen molar-refractivity contribution >= 4 is 11.6 Å². The van der Waals surface area contributed by atoms with Crippen LogP contribution < -0.4 is 4.74 Å². The second kappa shape index (κ2) is 8.33. The lowest BCUT2D eigenvalue weighted by Crippen LogP contribution is -2.20. The molecule has 3 nitrogen and oxygen atoms in total. The highest BCUT2D eigenvalue weighted by Crippen LogP contribution is 2.17. The fourth-order valence-corrected chi connectivity index (χ4v) is 1.82. The van der Waals surface area contributed by atoms with E-state index in [0.29, 0.717) is 25.0 Å². The van der Waals surface area contributed by atoms with E-state index >= 15 is 0 Å². The molecule has 0 aliphatic carbocycles. The Morgan fingerprint density at radius 2 is 2.11 bits per heavy atom. The Morgan fingerprint density at radius 3 is 2.72 bits per heavy atom. The van der Waals surface area contributed by atoms with Crippen molar-refractivity contribution in [3.63, 3.8) is 0 Å². The molecular weight excluding hydrogens is 250 g/mol. The predicted molar refractivity (Wildman–Crippen MR) is 74.4 cm³/mol. The summed E-state index contributed by atoms with van der Waals surface area (Å²) >= 11 is 5.88. The Balaban J connectivity index is 2.71. The van der Waals surface area contributed by atoms with Gasteiger partial charge < -0.3 is 9.47 Å². The van der Waals surface area contributed by atoms with Gasteiger partial charge in [-0.15, -0.1) is 11.6 Å². The van der Waals surface area contributed by atoms with Crippen LogP contribution in [-0.4, -0.2) is 24.3 Å². The third-order valence-electron chi connectivity index (χ3n) is 2.45. The van der Waals surface area contributed by atoms with E-state index in [9.17, 15) is 0 Å². The Morgan fingerprint density at radius 1 is 1.33 bits per heavy atom. The zero-order chi connectivity index (χ0) is 13.4. The van der Waals surface area contributed by atoms with Crippen molar-refractivity contribution in [2.24, 2.45) is 0 Å². The molecule has 1 aromatic rings. The Bertz CT molecular complexity index is 358. The number of pyridine rings is 1. The van der Waals surface area contributed by atoms with Gasteiger partial charge in [0.25, 0.3) is 0 Å². The standard InChI is InChI=1S/C14H22ClNO2/c1-4-6-13-7-12(9-15)8-14(16-13)18-11(3)10-17-5-2/h7-8,11H,4-6,9-10H2,1-3H3.